The number of allylic oxidation sites excluding steroid dienone is 3. The number of thiophene rings is 1. The van der Waals surface area contributed by atoms with Crippen LogP contribution >= 0.6 is 27.3 Å². The van der Waals surface area contributed by atoms with Crippen molar-refractivity contribution in [2.45, 2.75) is 39.5 Å². The van der Waals surface area contributed by atoms with E-state index >= 15 is 0 Å². The molecule has 1 atom stereocenters. The molecule has 4 rings (SSSR count). The quantitative estimate of drug-likeness (QED) is 0.418. The molecule has 164 valence electrons. The molecule has 0 amide bonds. The summed E-state index contributed by atoms with van der Waals surface area (Å²) in [5.41, 5.74) is 7.68. The van der Waals surface area contributed by atoms with Gasteiger partial charge in [0.25, 0.3) is 5.69 Å². The predicted octanol–water partition coefficient (Wildman–Crippen LogP) is 5.67. The molecule has 2 aliphatic rings. The van der Waals surface area contributed by atoms with Crippen molar-refractivity contribution in [2.75, 3.05) is 4.90 Å². The Hall–Kier alpha value is -2.96. The number of nitriles is 1. The standard InChI is InChI=1S/C23H21BrN4O3S/c1-12-14(24)8-19(32-12)20-13(11-25)22(26)27(15-6-4-5-7-16(15)28(30)31)17-9-23(2,3)10-18(29)21(17)20/h4-8,20H,9-10,26H2,1-3H3. The van der Waals surface area contributed by atoms with E-state index in [1.54, 1.807) is 23.1 Å². The number of hydrogen-bond donors (Lipinski definition) is 1. The number of nitrogens with two attached hydrogens (primary N) is 1. The number of nitro groups is 1. The lowest BCUT2D eigenvalue weighted by Crippen LogP contribution is -2.42. The fourth-order valence-corrected chi connectivity index (χ4v) is 6.18. The number of nitro benzene ring substituents is 1. The number of halogens is 1. The van der Waals surface area contributed by atoms with Gasteiger partial charge in [-0.3, -0.25) is 19.8 Å². The fraction of sp³-hybridized carbons (Fsp3) is 0.304. The summed E-state index contributed by atoms with van der Waals surface area (Å²) in [7, 11) is 0. The fourth-order valence-electron chi connectivity index (χ4n) is 4.50. The molecule has 0 spiro atoms. The van der Waals surface area contributed by atoms with Gasteiger partial charge in [-0.2, -0.15) is 5.26 Å². The lowest BCUT2D eigenvalue weighted by molar-refractivity contribution is -0.384. The van der Waals surface area contributed by atoms with Crippen molar-refractivity contribution in [1.29, 1.82) is 5.26 Å². The van der Waals surface area contributed by atoms with Crippen LogP contribution < -0.4 is 10.6 Å². The lowest BCUT2D eigenvalue weighted by Gasteiger charge is -2.43. The summed E-state index contributed by atoms with van der Waals surface area (Å²) in [6.07, 6.45) is 0.832. The molecule has 0 fully saturated rings. The summed E-state index contributed by atoms with van der Waals surface area (Å²) in [5, 5.41) is 21.9. The van der Waals surface area contributed by atoms with Crippen LogP contribution in [0.1, 0.15) is 42.4 Å². The van der Waals surface area contributed by atoms with Gasteiger partial charge in [0, 0.05) is 38.0 Å². The molecule has 2 N–H and O–H groups in total. The second-order valence-electron chi connectivity index (χ2n) is 8.78. The molecule has 1 unspecified atom stereocenters. The average Bonchev–Trinajstić information content (AvgIpc) is 3.04. The molecule has 1 aliphatic heterocycles. The van der Waals surface area contributed by atoms with Gasteiger partial charge in [-0.15, -0.1) is 11.3 Å². The van der Waals surface area contributed by atoms with Crippen molar-refractivity contribution < 1.29 is 9.72 Å². The summed E-state index contributed by atoms with van der Waals surface area (Å²) in [5.74, 6) is -0.530. The number of ketones is 1. The minimum Gasteiger partial charge on any atom is -0.384 e. The summed E-state index contributed by atoms with van der Waals surface area (Å²) in [6.45, 7) is 5.95. The lowest BCUT2D eigenvalue weighted by atomic mass is 9.69. The van der Waals surface area contributed by atoms with Crippen LogP contribution in [-0.2, 0) is 4.79 Å². The predicted molar refractivity (Wildman–Crippen MR) is 127 cm³/mol. The van der Waals surface area contributed by atoms with E-state index in [2.05, 4.69) is 22.0 Å². The minimum atomic E-state index is -0.590. The maximum absolute atomic E-state index is 13.5. The van der Waals surface area contributed by atoms with Crippen molar-refractivity contribution in [3.63, 3.8) is 0 Å². The van der Waals surface area contributed by atoms with Crippen molar-refractivity contribution in [1.82, 2.24) is 0 Å². The zero-order chi connectivity index (χ0) is 23.4. The molecule has 0 saturated heterocycles. The van der Waals surface area contributed by atoms with Crippen LogP contribution in [0.25, 0.3) is 0 Å². The van der Waals surface area contributed by atoms with Crippen LogP contribution in [0, 0.1) is 33.8 Å². The van der Waals surface area contributed by atoms with E-state index in [4.69, 9.17) is 5.73 Å². The number of Topliss-reactive ketones (excluding diaryl/α,β-unsaturated/α-hetero) is 1. The molecule has 2 aromatic rings. The van der Waals surface area contributed by atoms with Crippen LogP contribution in [0.5, 0.6) is 0 Å². The molecular weight excluding hydrogens is 492 g/mol. The summed E-state index contributed by atoms with van der Waals surface area (Å²) in [6, 6.07) is 10.4. The Morgan fingerprint density at radius 1 is 1.34 bits per heavy atom. The number of rotatable bonds is 3. The average molecular weight is 513 g/mol. The Morgan fingerprint density at radius 3 is 2.62 bits per heavy atom. The summed E-state index contributed by atoms with van der Waals surface area (Å²) >= 11 is 5.03. The van der Waals surface area contributed by atoms with E-state index in [9.17, 15) is 20.2 Å². The Morgan fingerprint density at radius 2 is 2.03 bits per heavy atom. The molecule has 1 aromatic heterocycles. The maximum Gasteiger partial charge on any atom is 0.293 e. The third-order valence-electron chi connectivity index (χ3n) is 5.86. The van der Waals surface area contributed by atoms with E-state index in [1.807, 2.05) is 26.8 Å². The number of anilines is 1. The second kappa shape index (κ2) is 7.87. The highest BCUT2D eigenvalue weighted by Crippen LogP contribution is 2.52. The summed E-state index contributed by atoms with van der Waals surface area (Å²) < 4.78 is 0.903. The highest BCUT2D eigenvalue weighted by atomic mass is 79.9. The van der Waals surface area contributed by atoms with Gasteiger partial charge in [0.15, 0.2) is 5.78 Å². The molecule has 0 radical (unpaired) electrons. The first-order chi connectivity index (χ1) is 15.1. The van der Waals surface area contributed by atoms with E-state index in [-0.39, 0.29) is 34.0 Å². The largest absolute Gasteiger partial charge is 0.384 e. The van der Waals surface area contributed by atoms with E-state index in [0.717, 1.165) is 14.2 Å². The van der Waals surface area contributed by atoms with Crippen molar-refractivity contribution in [3.8, 4) is 6.07 Å². The highest BCUT2D eigenvalue weighted by Gasteiger charge is 2.46. The zero-order valence-corrected chi connectivity index (χ0v) is 20.2. The molecule has 0 saturated carbocycles. The first kappa shape index (κ1) is 22.2. The number of aryl methyl sites for hydroxylation is 1. The minimum absolute atomic E-state index is 0.0627. The number of benzene rings is 1. The molecule has 32 heavy (non-hydrogen) atoms. The maximum atomic E-state index is 13.5. The zero-order valence-electron chi connectivity index (χ0n) is 17.8. The molecule has 9 heteroatoms. The van der Waals surface area contributed by atoms with E-state index in [1.165, 1.54) is 17.4 Å². The normalized spacial score (nSPS) is 20.3. The van der Waals surface area contributed by atoms with Gasteiger partial charge in [0.1, 0.15) is 11.5 Å². The molecular formula is C23H21BrN4O3S. The molecule has 2 heterocycles. The van der Waals surface area contributed by atoms with Gasteiger partial charge >= 0.3 is 0 Å². The smallest absolute Gasteiger partial charge is 0.293 e. The topological polar surface area (TPSA) is 113 Å². The van der Waals surface area contributed by atoms with Gasteiger partial charge in [0.2, 0.25) is 0 Å². The Kier molecular flexibility index (Phi) is 5.47. The van der Waals surface area contributed by atoms with Gasteiger partial charge in [-0.25, -0.2) is 0 Å². The first-order valence-corrected chi connectivity index (χ1v) is 11.6. The summed E-state index contributed by atoms with van der Waals surface area (Å²) in [4.78, 5) is 28.2. The van der Waals surface area contributed by atoms with Crippen LogP contribution in [0.3, 0.4) is 0 Å². The van der Waals surface area contributed by atoms with Crippen molar-refractivity contribution >= 4 is 44.4 Å². The van der Waals surface area contributed by atoms with Crippen LogP contribution in [-0.4, -0.2) is 10.7 Å². The number of carbonyl (C=O) groups is 1. The van der Waals surface area contributed by atoms with Crippen LogP contribution in [0.2, 0.25) is 0 Å². The van der Waals surface area contributed by atoms with Crippen LogP contribution in [0.15, 0.2) is 57.5 Å². The monoisotopic (exact) mass is 512 g/mol. The number of para-hydroxylation sites is 2. The Balaban J connectivity index is 2.05. The van der Waals surface area contributed by atoms with Gasteiger partial charge in [-0.1, -0.05) is 26.0 Å². The van der Waals surface area contributed by atoms with E-state index in [0.29, 0.717) is 24.1 Å². The second-order valence-corrected chi connectivity index (χ2v) is 10.9. The van der Waals surface area contributed by atoms with E-state index < -0.39 is 10.8 Å². The molecule has 1 aliphatic carbocycles. The highest BCUT2D eigenvalue weighted by molar-refractivity contribution is 9.10. The Bertz CT molecular complexity index is 1250. The van der Waals surface area contributed by atoms with Crippen molar-refractivity contribution in [2.24, 2.45) is 11.1 Å². The van der Waals surface area contributed by atoms with Gasteiger partial charge < -0.3 is 5.73 Å². The molecule has 1 aromatic carbocycles. The SMILES string of the molecule is Cc1sc(C2C(C#N)=C(N)N(c3ccccc3[N+](=O)[O-])C3=C2C(=O)CC(C)(C)C3)cc1Br. The van der Waals surface area contributed by atoms with Gasteiger partial charge in [0.05, 0.1) is 22.5 Å². The number of carbonyl (C=O) groups excluding carboxylic acids is 1. The van der Waals surface area contributed by atoms with Crippen molar-refractivity contribution in [3.05, 3.63) is 77.3 Å². The molecule has 7 nitrogen and oxygen atoms in total. The number of nitrogens with zero attached hydrogens (tertiary/aromatic N) is 3. The third-order valence-corrected chi connectivity index (χ3v) is 8.06. The number of hydrogen-bond acceptors (Lipinski definition) is 7. The third kappa shape index (κ3) is 3.53. The first-order valence-electron chi connectivity index (χ1n) is 10.0. The van der Waals surface area contributed by atoms with Gasteiger partial charge in [-0.05, 0) is 46.8 Å². The molecule has 0 bridgehead atoms. The Labute approximate surface area is 198 Å². The van der Waals surface area contributed by atoms with Crippen LogP contribution in [0.4, 0.5) is 11.4 Å².